The second-order valence-corrected chi connectivity index (χ2v) is 14.5. The molecule has 45 heavy (non-hydrogen) atoms. The first kappa shape index (κ1) is 23.3. The lowest BCUT2D eigenvalue weighted by Gasteiger charge is -2.34. The van der Waals surface area contributed by atoms with Crippen LogP contribution in [0.15, 0.2) is 127 Å². The highest BCUT2D eigenvalue weighted by Gasteiger charge is 2.42. The third-order valence-corrected chi connectivity index (χ3v) is 12.7. The van der Waals surface area contributed by atoms with E-state index in [1.54, 1.807) is 0 Å². The molecule has 2 nitrogen and oxygen atoms in total. The molecule has 0 saturated carbocycles. The number of hydrogen-bond donors (Lipinski definition) is 0. The second-order valence-electron chi connectivity index (χ2n) is 12.4. The van der Waals surface area contributed by atoms with Gasteiger partial charge in [0.2, 0.25) is 0 Å². The van der Waals surface area contributed by atoms with Gasteiger partial charge in [-0.05, 0) is 51.9 Å². The van der Waals surface area contributed by atoms with Gasteiger partial charge < -0.3 is 9.05 Å². The van der Waals surface area contributed by atoms with Crippen molar-refractivity contribution in [2.45, 2.75) is 0 Å². The Bertz CT molecular complexity index is 2940. The van der Waals surface area contributed by atoms with E-state index in [0.29, 0.717) is 0 Å². The van der Waals surface area contributed by atoms with Crippen molar-refractivity contribution in [3.05, 3.63) is 127 Å². The summed E-state index contributed by atoms with van der Waals surface area (Å²) >= 11 is 3.87. The molecule has 0 amide bonds. The minimum absolute atomic E-state index is 0.0919. The van der Waals surface area contributed by atoms with E-state index < -0.39 is 0 Å². The molecule has 0 bridgehead atoms. The normalized spacial score (nSPS) is 13.3. The van der Waals surface area contributed by atoms with Gasteiger partial charge in [-0.2, -0.15) is 0 Å². The summed E-state index contributed by atoms with van der Waals surface area (Å²) in [5.41, 5.74) is 13.4. The summed E-state index contributed by atoms with van der Waals surface area (Å²) in [7, 11) is 0. The van der Waals surface area contributed by atoms with Crippen LogP contribution >= 0.6 is 22.7 Å². The Morgan fingerprint density at radius 3 is 2.13 bits per heavy atom. The summed E-state index contributed by atoms with van der Waals surface area (Å²) in [6, 6.07) is 47.7. The minimum atomic E-state index is 0.0919. The third kappa shape index (κ3) is 2.67. The number of nitrogens with zero attached hydrogens (tertiary/aromatic N) is 2. The van der Waals surface area contributed by atoms with Crippen molar-refractivity contribution in [3.63, 3.8) is 0 Å². The van der Waals surface area contributed by atoms with E-state index in [4.69, 9.17) is 0 Å². The molecule has 0 aliphatic carbocycles. The Hall–Kier alpha value is -5.10. The molecule has 0 atom stereocenters. The maximum absolute atomic E-state index is 2.70. The summed E-state index contributed by atoms with van der Waals surface area (Å²) in [5.74, 6) is 0. The monoisotopic (exact) mass is 604 g/mol. The highest BCUT2D eigenvalue weighted by Crippen LogP contribution is 2.49. The molecule has 206 valence electrons. The first-order valence-electron chi connectivity index (χ1n) is 15.5. The Kier molecular flexibility index (Phi) is 4.11. The van der Waals surface area contributed by atoms with E-state index in [1.165, 1.54) is 101 Å². The highest BCUT2D eigenvalue weighted by molar-refractivity contribution is 7.27. The topological polar surface area (TPSA) is 9.86 Å². The molecular formula is C40H21BN2S2. The quantitative estimate of drug-likeness (QED) is 0.165. The molecule has 4 aromatic heterocycles. The van der Waals surface area contributed by atoms with Gasteiger partial charge in [0.25, 0.3) is 0 Å². The van der Waals surface area contributed by atoms with Crippen LogP contribution in [0.5, 0.6) is 0 Å². The zero-order valence-electron chi connectivity index (χ0n) is 23.9. The van der Waals surface area contributed by atoms with Crippen molar-refractivity contribution < 1.29 is 0 Å². The highest BCUT2D eigenvalue weighted by atomic mass is 32.1. The summed E-state index contributed by atoms with van der Waals surface area (Å²) < 4.78 is 9.41. The summed E-state index contributed by atoms with van der Waals surface area (Å²) in [5, 5.41) is 6.81. The van der Waals surface area contributed by atoms with Crippen LogP contribution in [0.4, 0.5) is 0 Å². The number of para-hydroxylation sites is 2. The van der Waals surface area contributed by atoms with E-state index >= 15 is 0 Å². The Morgan fingerprint density at radius 1 is 0.511 bits per heavy atom. The zero-order chi connectivity index (χ0) is 29.0. The lowest BCUT2D eigenvalue weighted by atomic mass is 9.45. The number of thiophene rings is 2. The minimum Gasteiger partial charge on any atom is -0.367 e. The van der Waals surface area contributed by atoms with E-state index in [0.717, 1.165) is 0 Å². The summed E-state index contributed by atoms with van der Waals surface area (Å²) in [6.07, 6.45) is 0. The van der Waals surface area contributed by atoms with Crippen molar-refractivity contribution in [1.29, 1.82) is 0 Å². The zero-order valence-corrected chi connectivity index (χ0v) is 25.5. The van der Waals surface area contributed by atoms with Gasteiger partial charge in [-0.1, -0.05) is 103 Å². The molecule has 6 heterocycles. The van der Waals surface area contributed by atoms with Gasteiger partial charge in [-0.15, -0.1) is 22.7 Å². The first-order chi connectivity index (χ1) is 22.3. The summed E-state index contributed by atoms with van der Waals surface area (Å²) in [6.45, 7) is 0.0919. The Morgan fingerprint density at radius 2 is 1.24 bits per heavy atom. The van der Waals surface area contributed by atoms with Gasteiger partial charge in [-0.25, -0.2) is 0 Å². The molecule has 2 aliphatic rings. The van der Waals surface area contributed by atoms with E-state index in [-0.39, 0.29) is 6.85 Å². The van der Waals surface area contributed by atoms with Crippen molar-refractivity contribution in [2.75, 3.05) is 0 Å². The predicted octanol–water partition coefficient (Wildman–Crippen LogP) is 9.94. The maximum Gasteiger partial charge on any atom is 0.333 e. The molecule has 10 aromatic rings. The predicted molar refractivity (Wildman–Crippen MR) is 196 cm³/mol. The van der Waals surface area contributed by atoms with Gasteiger partial charge in [-0.3, -0.25) is 0 Å². The van der Waals surface area contributed by atoms with Gasteiger partial charge in [0, 0.05) is 53.1 Å². The van der Waals surface area contributed by atoms with Gasteiger partial charge >= 0.3 is 6.85 Å². The van der Waals surface area contributed by atoms with Crippen LogP contribution in [0.3, 0.4) is 0 Å². The van der Waals surface area contributed by atoms with Crippen LogP contribution in [0.1, 0.15) is 0 Å². The largest absolute Gasteiger partial charge is 0.367 e. The fourth-order valence-corrected chi connectivity index (χ4v) is 11.1. The smallest absolute Gasteiger partial charge is 0.333 e. The molecule has 6 aromatic carbocycles. The lowest BCUT2D eigenvalue weighted by Crippen LogP contribution is -2.55. The molecule has 5 heteroatoms. The van der Waals surface area contributed by atoms with Crippen LogP contribution in [-0.4, -0.2) is 15.9 Å². The van der Waals surface area contributed by atoms with Gasteiger partial charge in [0.05, 0.1) is 20.6 Å². The summed E-state index contributed by atoms with van der Waals surface area (Å²) in [4.78, 5) is 1.37. The van der Waals surface area contributed by atoms with Crippen LogP contribution in [-0.2, 0) is 0 Å². The fraction of sp³-hybridized carbons (Fsp3) is 0. The number of fused-ring (bicyclic) bond motifs is 14. The number of rotatable bonds is 1. The second kappa shape index (κ2) is 7.94. The number of benzene rings is 6. The molecule has 0 saturated heterocycles. The van der Waals surface area contributed by atoms with E-state index in [9.17, 15) is 0 Å². The van der Waals surface area contributed by atoms with Crippen molar-refractivity contribution in [3.8, 4) is 27.9 Å². The van der Waals surface area contributed by atoms with Crippen molar-refractivity contribution in [2.24, 2.45) is 0 Å². The van der Waals surface area contributed by atoms with Crippen molar-refractivity contribution >= 4 is 103 Å². The third-order valence-electron chi connectivity index (χ3n) is 10.3. The maximum atomic E-state index is 2.70. The van der Waals surface area contributed by atoms with Crippen LogP contribution in [0, 0.1) is 0 Å². The Balaban J connectivity index is 1.35. The molecule has 0 unspecified atom stereocenters. The molecule has 2 aliphatic heterocycles. The molecule has 0 radical (unpaired) electrons. The van der Waals surface area contributed by atoms with Crippen LogP contribution in [0.2, 0.25) is 0 Å². The average molecular weight is 605 g/mol. The fourth-order valence-electron chi connectivity index (χ4n) is 8.59. The van der Waals surface area contributed by atoms with Crippen LogP contribution in [0.25, 0.3) is 90.4 Å². The molecule has 0 fully saturated rings. The lowest BCUT2D eigenvalue weighted by molar-refractivity contribution is 1.18. The van der Waals surface area contributed by atoms with Crippen molar-refractivity contribution in [1.82, 2.24) is 9.05 Å². The molecule has 12 rings (SSSR count). The number of aromatic nitrogens is 2. The van der Waals surface area contributed by atoms with E-state index in [1.807, 2.05) is 22.7 Å². The standard InChI is InChI=1S/C40H21BN2S2/c1-2-10-22(11-3-1)23-20-29-24-14-8-15-27-34-25-12-4-6-18-32(25)45-40(34)43(36(24)27)41-30-17-9-16-28-37(30)42(31(21-23)35(29)41)38-26-13-5-7-19-33(26)44-39(28)38/h1-21H. The molecular weight excluding hydrogens is 583 g/mol. The first-order valence-corrected chi connectivity index (χ1v) is 17.1. The Labute approximate surface area is 266 Å². The van der Waals surface area contributed by atoms with E-state index in [2.05, 4.69) is 136 Å². The number of hydrogen-bond acceptors (Lipinski definition) is 2. The average Bonchev–Trinajstić information content (AvgIpc) is 3.83. The molecule has 0 N–H and O–H groups in total. The molecule has 0 spiro atoms. The van der Waals surface area contributed by atoms with Crippen LogP contribution < -0.4 is 10.9 Å². The van der Waals surface area contributed by atoms with Gasteiger partial charge in [0.15, 0.2) is 0 Å². The van der Waals surface area contributed by atoms with Gasteiger partial charge in [0.1, 0.15) is 0 Å². The SMILES string of the molecule is c1ccc(-c2cc3c4c(c2)-n2c5c(cccc5c5sc6ccccc6c52)B4n2c4sc5ccccc5c4c4cccc-3c42)cc1.